The van der Waals surface area contributed by atoms with Crippen LogP contribution < -0.4 is 5.43 Å². The molecule has 4 rings (SSSR count). The molecule has 0 radical (unpaired) electrons. The number of aromatic hydroxyl groups is 1. The van der Waals surface area contributed by atoms with Crippen molar-refractivity contribution in [2.24, 2.45) is 10.1 Å². The number of fused-ring (bicyclic) bond motifs is 1. The van der Waals surface area contributed by atoms with Crippen molar-refractivity contribution in [2.45, 2.75) is 19.5 Å². The van der Waals surface area contributed by atoms with Crippen LogP contribution in [0.15, 0.2) is 64.7 Å². The Hall–Kier alpha value is -4.01. The lowest BCUT2D eigenvalue weighted by Crippen LogP contribution is -2.61. The molecule has 0 aliphatic carbocycles. The van der Waals surface area contributed by atoms with Crippen LogP contribution in [0.25, 0.3) is 0 Å². The Labute approximate surface area is 179 Å². The van der Waals surface area contributed by atoms with Gasteiger partial charge in [0.2, 0.25) is 11.9 Å². The molecule has 31 heavy (non-hydrogen) atoms. The zero-order chi connectivity index (χ0) is 22.1. The molecule has 0 saturated carbocycles. The normalized spacial score (nSPS) is 19.0. The van der Waals surface area contributed by atoms with Crippen LogP contribution in [0.4, 0.5) is 4.79 Å². The van der Waals surface area contributed by atoms with Crippen molar-refractivity contribution in [3.63, 3.8) is 0 Å². The van der Waals surface area contributed by atoms with Crippen molar-refractivity contribution in [3.05, 3.63) is 65.7 Å². The van der Waals surface area contributed by atoms with E-state index in [1.54, 1.807) is 35.9 Å². The second-order valence-corrected chi connectivity index (χ2v) is 7.40. The Morgan fingerprint density at radius 2 is 1.77 bits per heavy atom. The lowest BCUT2D eigenvalue weighted by molar-refractivity contribution is -0.553. The molecule has 2 aromatic carbocycles. The molecule has 9 nitrogen and oxygen atoms in total. The highest BCUT2D eigenvalue weighted by atomic mass is 16.3. The third-order valence-electron chi connectivity index (χ3n) is 5.34. The van der Waals surface area contributed by atoms with Gasteiger partial charge in [-0.25, -0.2) is 9.37 Å². The van der Waals surface area contributed by atoms with Gasteiger partial charge in [-0.1, -0.05) is 35.3 Å². The van der Waals surface area contributed by atoms with Crippen molar-refractivity contribution >= 4 is 29.4 Å². The van der Waals surface area contributed by atoms with Gasteiger partial charge in [0.05, 0.1) is 12.3 Å². The molecule has 2 aliphatic heterocycles. The monoisotopic (exact) mass is 419 g/mol. The Morgan fingerprint density at radius 3 is 2.45 bits per heavy atom. The lowest BCUT2D eigenvalue weighted by Gasteiger charge is -2.31. The number of guanidine groups is 1. The number of amides is 3. The molecule has 2 heterocycles. The maximum absolute atomic E-state index is 13.0. The van der Waals surface area contributed by atoms with E-state index in [0.29, 0.717) is 24.1 Å². The fraction of sp³-hybridized carbons (Fsp3) is 0.227. The van der Waals surface area contributed by atoms with E-state index in [0.717, 1.165) is 16.0 Å². The number of likely N-dealkylation sites (N-methyl/N-ethyl adjacent to an activating group) is 2. The number of rotatable bonds is 4. The van der Waals surface area contributed by atoms with E-state index < -0.39 is 12.1 Å². The molecular weight excluding hydrogens is 396 g/mol. The van der Waals surface area contributed by atoms with Crippen LogP contribution in [0.5, 0.6) is 5.75 Å². The van der Waals surface area contributed by atoms with Crippen molar-refractivity contribution in [2.75, 3.05) is 14.1 Å². The minimum atomic E-state index is -0.723. The van der Waals surface area contributed by atoms with Crippen LogP contribution in [0, 0.1) is 0 Å². The van der Waals surface area contributed by atoms with Crippen LogP contribution in [0.2, 0.25) is 0 Å². The van der Waals surface area contributed by atoms with Gasteiger partial charge < -0.3 is 5.11 Å². The van der Waals surface area contributed by atoms with Crippen molar-refractivity contribution in [1.82, 2.24) is 15.2 Å². The number of imide groups is 1. The molecule has 1 fully saturated rings. The fourth-order valence-electron chi connectivity index (χ4n) is 3.53. The van der Waals surface area contributed by atoms with Gasteiger partial charge in [0, 0.05) is 14.1 Å². The summed E-state index contributed by atoms with van der Waals surface area (Å²) in [5.74, 6) is 0.581. The van der Waals surface area contributed by atoms with Crippen LogP contribution in [-0.2, 0) is 11.3 Å². The fourth-order valence-corrected chi connectivity index (χ4v) is 3.53. The predicted molar refractivity (Wildman–Crippen MR) is 116 cm³/mol. The van der Waals surface area contributed by atoms with Crippen molar-refractivity contribution in [3.8, 4) is 5.75 Å². The summed E-state index contributed by atoms with van der Waals surface area (Å²) in [5, 5.41) is 13.9. The van der Waals surface area contributed by atoms with E-state index in [1.807, 2.05) is 37.3 Å². The number of phenols is 1. The van der Waals surface area contributed by atoms with E-state index >= 15 is 0 Å². The van der Waals surface area contributed by atoms with E-state index in [2.05, 4.69) is 15.5 Å². The molecule has 2 aromatic rings. The molecular formula is C22H23N6O3+. The number of nitrogens with zero attached hydrogens (tertiary/aromatic N) is 5. The SMILES string of the molecule is C/C(=N\NC1=[N+](Cc2ccccc2)C2C(=O)N(C)C(=O)N(C)C2=N1)c1ccc(O)cc1. The molecule has 158 valence electrons. The van der Waals surface area contributed by atoms with Crippen molar-refractivity contribution < 1.29 is 19.3 Å². The number of hydrogen-bond acceptors (Lipinski definition) is 6. The molecule has 0 aromatic heterocycles. The Kier molecular flexibility index (Phi) is 5.24. The summed E-state index contributed by atoms with van der Waals surface area (Å²) in [4.78, 5) is 32.4. The highest BCUT2D eigenvalue weighted by Gasteiger charge is 2.51. The second kappa shape index (κ2) is 8.02. The third-order valence-corrected chi connectivity index (χ3v) is 5.34. The van der Waals surface area contributed by atoms with Crippen molar-refractivity contribution in [1.29, 1.82) is 0 Å². The number of carbonyl (C=O) groups is 2. The van der Waals surface area contributed by atoms with Gasteiger partial charge in [0.25, 0.3) is 5.91 Å². The Balaban J connectivity index is 1.70. The molecule has 9 heteroatoms. The summed E-state index contributed by atoms with van der Waals surface area (Å²) in [6.45, 7) is 2.24. The smallest absolute Gasteiger partial charge is 0.414 e. The highest BCUT2D eigenvalue weighted by molar-refractivity contribution is 6.22. The van der Waals surface area contributed by atoms with Gasteiger partial charge in [-0.3, -0.25) is 14.6 Å². The van der Waals surface area contributed by atoms with E-state index in [-0.39, 0.29) is 11.7 Å². The zero-order valence-corrected chi connectivity index (χ0v) is 17.5. The lowest BCUT2D eigenvalue weighted by atomic mass is 10.1. The topological polar surface area (TPSA) is 101 Å². The molecule has 1 saturated heterocycles. The molecule has 2 aliphatic rings. The van der Waals surface area contributed by atoms with Gasteiger partial charge in [-0.05, 0) is 42.3 Å². The van der Waals surface area contributed by atoms with E-state index in [1.165, 1.54) is 11.9 Å². The van der Waals surface area contributed by atoms with Gasteiger partial charge in [0.15, 0.2) is 0 Å². The number of benzene rings is 2. The summed E-state index contributed by atoms with van der Waals surface area (Å²) in [7, 11) is 3.07. The predicted octanol–water partition coefficient (Wildman–Crippen LogP) is 1.58. The standard InChI is InChI=1S/C22H22N6O3/c1-14(16-9-11-17(29)12-10-16)24-25-21-23-19-18(20(30)27(3)22(31)26(19)2)28(21)13-15-7-5-4-6-8-15/h4-12,18H,13H2,1-3H3,(H,24,29)/p+1. The third kappa shape index (κ3) is 3.77. The molecule has 1 unspecified atom stereocenters. The molecule has 0 spiro atoms. The molecule has 1 atom stereocenters. The zero-order valence-electron chi connectivity index (χ0n) is 17.5. The van der Waals surface area contributed by atoms with Gasteiger partial charge in [-0.15, -0.1) is 5.10 Å². The number of hydrazone groups is 1. The quantitative estimate of drug-likeness (QED) is 0.446. The molecule has 3 amide bonds. The summed E-state index contributed by atoms with van der Waals surface area (Å²) in [6.07, 6.45) is 0. The summed E-state index contributed by atoms with van der Waals surface area (Å²) in [5.41, 5.74) is 5.46. The first kappa shape index (κ1) is 20.3. The number of hydrogen-bond donors (Lipinski definition) is 2. The maximum atomic E-state index is 13.0. The Bertz CT molecular complexity index is 1120. The molecule has 2 N–H and O–H groups in total. The number of urea groups is 1. The number of nitrogens with one attached hydrogen (secondary N) is 1. The highest BCUT2D eigenvalue weighted by Crippen LogP contribution is 2.20. The first-order valence-corrected chi connectivity index (χ1v) is 9.78. The van der Waals surface area contributed by atoms with Gasteiger partial charge in [0.1, 0.15) is 5.75 Å². The summed E-state index contributed by atoms with van der Waals surface area (Å²) >= 11 is 0. The van der Waals surface area contributed by atoms with E-state index in [4.69, 9.17) is 0 Å². The number of phenolic OH excluding ortho intramolecular Hbond substituents is 1. The summed E-state index contributed by atoms with van der Waals surface area (Å²) < 4.78 is 1.81. The second-order valence-electron chi connectivity index (χ2n) is 7.40. The van der Waals surface area contributed by atoms with Crippen LogP contribution in [0.1, 0.15) is 18.1 Å². The average molecular weight is 419 g/mol. The Morgan fingerprint density at radius 1 is 1.10 bits per heavy atom. The number of amidine groups is 1. The first-order valence-electron chi connectivity index (χ1n) is 9.78. The van der Waals surface area contributed by atoms with Gasteiger partial charge in [-0.2, -0.15) is 5.43 Å². The van der Waals surface area contributed by atoms with Crippen LogP contribution >= 0.6 is 0 Å². The number of aliphatic imine (C=N–C) groups is 1. The maximum Gasteiger partial charge on any atom is 0.414 e. The minimum absolute atomic E-state index is 0.175. The largest absolute Gasteiger partial charge is 0.508 e. The first-order chi connectivity index (χ1) is 14.9. The average Bonchev–Trinajstić information content (AvgIpc) is 3.14. The number of carbonyl (C=O) groups excluding carboxylic acids is 2. The van der Waals surface area contributed by atoms with Crippen LogP contribution in [-0.4, -0.2) is 69.1 Å². The minimum Gasteiger partial charge on any atom is -0.508 e. The molecule has 0 bridgehead atoms. The summed E-state index contributed by atoms with van der Waals surface area (Å²) in [6, 6.07) is 15.3. The van der Waals surface area contributed by atoms with Crippen LogP contribution in [0.3, 0.4) is 0 Å². The van der Waals surface area contributed by atoms with Gasteiger partial charge >= 0.3 is 12.0 Å². The van der Waals surface area contributed by atoms with E-state index in [9.17, 15) is 14.7 Å².